The Kier molecular flexibility index (Phi) is 11.1. The molecule has 1 saturated heterocycles. The topological polar surface area (TPSA) is 105 Å². The van der Waals surface area contributed by atoms with Gasteiger partial charge in [0.1, 0.15) is 0 Å². The van der Waals surface area contributed by atoms with E-state index < -0.39 is 11.4 Å². The molecule has 0 saturated carbocycles. The second-order valence-corrected chi connectivity index (χ2v) is 13.8. The number of halogens is 1. The first-order valence-electron chi connectivity index (χ1n) is 14.6. The average Bonchev–Trinajstić information content (AvgIpc) is 3.36. The summed E-state index contributed by atoms with van der Waals surface area (Å²) in [7, 11) is 0. The standard InChI is InChI=1S/C29H36ClN3O3.C4H11N/c1-19(2)15-23-9-10-24(16-25(23)30)27-31-26(32-36-27)22-7-5-21(6-8-22)18-33-13-11-29(12-14-33,28(34)35)17-20(3)4;1-4(2,3)5/h5-10,16,19-20H,11-15,17-18H2,1-4H3,(H,34,35);5H2,1-3H3. The van der Waals surface area contributed by atoms with E-state index in [1.807, 2.05) is 51.1 Å². The van der Waals surface area contributed by atoms with Gasteiger partial charge in [-0.15, -0.1) is 0 Å². The molecule has 7 nitrogen and oxygen atoms in total. The number of nitrogens with zero attached hydrogens (tertiary/aromatic N) is 3. The van der Waals surface area contributed by atoms with Gasteiger partial charge in [0.15, 0.2) is 0 Å². The van der Waals surface area contributed by atoms with E-state index in [0.29, 0.717) is 41.4 Å². The van der Waals surface area contributed by atoms with E-state index in [1.165, 1.54) is 5.56 Å². The molecule has 0 amide bonds. The van der Waals surface area contributed by atoms with Crippen LogP contribution >= 0.6 is 11.6 Å². The molecule has 224 valence electrons. The van der Waals surface area contributed by atoms with Crippen molar-refractivity contribution in [1.82, 2.24) is 15.0 Å². The number of carboxylic acids is 1. The van der Waals surface area contributed by atoms with Crippen molar-refractivity contribution in [2.24, 2.45) is 23.0 Å². The molecule has 0 aliphatic carbocycles. The number of hydrogen-bond donors (Lipinski definition) is 2. The zero-order chi connectivity index (χ0) is 30.4. The maximum absolute atomic E-state index is 12.0. The summed E-state index contributed by atoms with van der Waals surface area (Å²) in [5.74, 6) is 1.26. The molecule has 0 unspecified atom stereocenters. The summed E-state index contributed by atoms with van der Waals surface area (Å²) in [5.41, 5.74) is 8.77. The molecule has 1 fully saturated rings. The summed E-state index contributed by atoms with van der Waals surface area (Å²) in [4.78, 5) is 18.9. The SMILES string of the molecule is CC(C)(C)N.CC(C)Cc1ccc(-c2nc(-c3ccc(CN4CCC(CC(C)C)(C(=O)O)CC4)cc3)no2)cc1Cl. The van der Waals surface area contributed by atoms with Crippen molar-refractivity contribution in [3.05, 3.63) is 58.6 Å². The van der Waals surface area contributed by atoms with Crippen LogP contribution in [0.25, 0.3) is 22.8 Å². The molecule has 8 heteroatoms. The normalized spacial score (nSPS) is 15.6. The van der Waals surface area contributed by atoms with Gasteiger partial charge in [0, 0.05) is 28.2 Å². The number of aliphatic carboxylic acids is 1. The van der Waals surface area contributed by atoms with Crippen LogP contribution in [0.3, 0.4) is 0 Å². The zero-order valence-corrected chi connectivity index (χ0v) is 26.5. The molecule has 1 aromatic heterocycles. The Labute approximate surface area is 250 Å². The summed E-state index contributed by atoms with van der Waals surface area (Å²) < 4.78 is 5.52. The number of carbonyl (C=O) groups is 1. The van der Waals surface area contributed by atoms with Crippen molar-refractivity contribution in [3.8, 4) is 22.8 Å². The molecule has 2 aromatic carbocycles. The van der Waals surface area contributed by atoms with Crippen molar-refractivity contribution in [2.75, 3.05) is 13.1 Å². The summed E-state index contributed by atoms with van der Waals surface area (Å²) in [6, 6.07) is 14.1. The first-order chi connectivity index (χ1) is 19.1. The summed E-state index contributed by atoms with van der Waals surface area (Å²) in [6.07, 6.45) is 3.07. The van der Waals surface area contributed by atoms with Crippen LogP contribution in [0.2, 0.25) is 5.02 Å². The number of hydrogen-bond acceptors (Lipinski definition) is 6. The Morgan fingerprint density at radius 1 is 1.05 bits per heavy atom. The number of likely N-dealkylation sites (tertiary alicyclic amines) is 1. The molecular weight excluding hydrogens is 536 g/mol. The van der Waals surface area contributed by atoms with Crippen molar-refractivity contribution < 1.29 is 14.4 Å². The Morgan fingerprint density at radius 3 is 2.15 bits per heavy atom. The lowest BCUT2D eigenvalue weighted by Gasteiger charge is -2.40. The van der Waals surface area contributed by atoms with Crippen molar-refractivity contribution in [3.63, 3.8) is 0 Å². The maximum atomic E-state index is 12.0. The number of piperidine rings is 1. The Morgan fingerprint density at radius 2 is 1.63 bits per heavy atom. The monoisotopic (exact) mass is 582 g/mol. The van der Waals surface area contributed by atoms with Gasteiger partial charge >= 0.3 is 5.97 Å². The van der Waals surface area contributed by atoms with Gasteiger partial charge < -0.3 is 15.4 Å². The highest BCUT2D eigenvalue weighted by molar-refractivity contribution is 6.31. The first-order valence-corrected chi connectivity index (χ1v) is 15.0. The quantitative estimate of drug-likeness (QED) is 0.266. The minimum Gasteiger partial charge on any atom is -0.481 e. The van der Waals surface area contributed by atoms with Gasteiger partial charge in [0.2, 0.25) is 5.82 Å². The molecule has 41 heavy (non-hydrogen) atoms. The molecule has 1 aliphatic rings. The molecule has 0 spiro atoms. The smallest absolute Gasteiger partial charge is 0.309 e. The van der Waals surface area contributed by atoms with E-state index in [9.17, 15) is 9.90 Å². The molecule has 2 heterocycles. The van der Waals surface area contributed by atoms with E-state index in [0.717, 1.165) is 49.2 Å². The lowest BCUT2D eigenvalue weighted by molar-refractivity contribution is -0.153. The fraction of sp³-hybridized carbons (Fsp3) is 0.545. The number of nitrogens with two attached hydrogens (primary N) is 1. The third-order valence-corrected chi connectivity index (χ3v) is 7.39. The van der Waals surface area contributed by atoms with Crippen LogP contribution in [-0.4, -0.2) is 44.7 Å². The minimum atomic E-state index is -0.645. The van der Waals surface area contributed by atoms with Gasteiger partial charge in [-0.05, 0) is 94.6 Å². The van der Waals surface area contributed by atoms with Crippen LogP contribution in [0.5, 0.6) is 0 Å². The average molecular weight is 583 g/mol. The zero-order valence-electron chi connectivity index (χ0n) is 25.7. The molecule has 0 radical (unpaired) electrons. The first kappa shape index (κ1) is 32.8. The summed E-state index contributed by atoms with van der Waals surface area (Å²) >= 11 is 6.47. The lowest BCUT2D eigenvalue weighted by atomic mass is 9.72. The van der Waals surface area contributed by atoms with E-state index in [-0.39, 0.29) is 5.54 Å². The fourth-order valence-electron chi connectivity index (χ4n) is 5.19. The third-order valence-electron chi connectivity index (χ3n) is 7.04. The minimum absolute atomic E-state index is 0. The molecular formula is C33H47ClN4O3. The predicted octanol–water partition coefficient (Wildman–Crippen LogP) is 7.71. The predicted molar refractivity (Wildman–Crippen MR) is 167 cm³/mol. The summed E-state index contributed by atoms with van der Waals surface area (Å²) in [6.45, 7) is 16.8. The van der Waals surface area contributed by atoms with Gasteiger partial charge in [-0.1, -0.05) is 74.8 Å². The van der Waals surface area contributed by atoms with Crippen LogP contribution < -0.4 is 5.73 Å². The molecule has 0 bridgehead atoms. The lowest BCUT2D eigenvalue weighted by Crippen LogP contribution is -2.44. The molecule has 3 aromatic rings. The second-order valence-electron chi connectivity index (χ2n) is 13.3. The van der Waals surface area contributed by atoms with Crippen molar-refractivity contribution in [1.29, 1.82) is 0 Å². The third kappa shape index (κ3) is 9.94. The van der Waals surface area contributed by atoms with E-state index >= 15 is 0 Å². The van der Waals surface area contributed by atoms with Crippen LogP contribution in [-0.2, 0) is 17.8 Å². The molecule has 4 rings (SSSR count). The number of rotatable bonds is 9. The van der Waals surface area contributed by atoms with Crippen LogP contribution in [0.1, 0.15) is 78.9 Å². The van der Waals surface area contributed by atoms with Gasteiger partial charge in [-0.25, -0.2) is 0 Å². The largest absolute Gasteiger partial charge is 0.481 e. The van der Waals surface area contributed by atoms with E-state index in [1.54, 1.807) is 0 Å². The van der Waals surface area contributed by atoms with E-state index in [4.69, 9.17) is 21.9 Å². The number of aromatic nitrogens is 2. The van der Waals surface area contributed by atoms with Gasteiger partial charge in [0.05, 0.1) is 5.41 Å². The van der Waals surface area contributed by atoms with Crippen LogP contribution in [0.4, 0.5) is 0 Å². The van der Waals surface area contributed by atoms with Crippen molar-refractivity contribution >= 4 is 17.6 Å². The molecule has 3 N–H and O–H groups in total. The van der Waals surface area contributed by atoms with Gasteiger partial charge in [-0.3, -0.25) is 9.69 Å². The fourth-order valence-corrected chi connectivity index (χ4v) is 5.44. The Bertz CT molecular complexity index is 1260. The highest BCUT2D eigenvalue weighted by Crippen LogP contribution is 2.38. The van der Waals surface area contributed by atoms with Crippen molar-refractivity contribution in [2.45, 2.75) is 86.2 Å². The van der Waals surface area contributed by atoms with Crippen LogP contribution in [0, 0.1) is 17.3 Å². The Balaban J connectivity index is 0.000000850. The van der Waals surface area contributed by atoms with Crippen LogP contribution in [0.15, 0.2) is 47.0 Å². The second kappa shape index (κ2) is 14.0. The number of carboxylic acid groups (broad SMARTS) is 1. The van der Waals surface area contributed by atoms with Gasteiger partial charge in [-0.2, -0.15) is 4.98 Å². The molecule has 1 aliphatic heterocycles. The molecule has 0 atom stereocenters. The maximum Gasteiger partial charge on any atom is 0.309 e. The van der Waals surface area contributed by atoms with E-state index in [2.05, 4.69) is 54.9 Å². The van der Waals surface area contributed by atoms with Gasteiger partial charge in [0.25, 0.3) is 5.89 Å². The summed E-state index contributed by atoms with van der Waals surface area (Å²) in [5, 5.41) is 14.7. The Hall–Kier alpha value is -2.74. The highest BCUT2D eigenvalue weighted by Gasteiger charge is 2.41. The number of benzene rings is 2. The highest BCUT2D eigenvalue weighted by atomic mass is 35.5.